The molecular weight excluding hydrogens is 276 g/mol. The van der Waals surface area contributed by atoms with Crippen LogP contribution < -0.4 is 0 Å². The maximum absolute atomic E-state index is 9.99. The van der Waals surface area contributed by atoms with Crippen LogP contribution in [0.1, 0.15) is 11.1 Å². The summed E-state index contributed by atoms with van der Waals surface area (Å²) >= 11 is 0. The van der Waals surface area contributed by atoms with Gasteiger partial charge in [-0.15, -0.1) is 0 Å². The van der Waals surface area contributed by atoms with Crippen LogP contribution in [-0.2, 0) is 0 Å². The normalized spacial score (nSPS) is 11.6. The van der Waals surface area contributed by atoms with Gasteiger partial charge < -0.3 is 10.2 Å². The molecule has 0 saturated heterocycles. The zero-order valence-electron chi connectivity index (χ0n) is 11.7. The topological polar surface area (TPSA) is 65.2 Å². The van der Waals surface area contributed by atoms with E-state index >= 15 is 0 Å². The van der Waals surface area contributed by atoms with Crippen molar-refractivity contribution in [3.8, 4) is 11.5 Å². The number of phenols is 2. The molecule has 22 heavy (non-hydrogen) atoms. The number of nitrogens with zero attached hydrogens (tertiary/aromatic N) is 2. The van der Waals surface area contributed by atoms with Crippen molar-refractivity contribution in [2.45, 2.75) is 0 Å². The van der Waals surface area contributed by atoms with E-state index in [2.05, 4.69) is 10.2 Å². The number of para-hydroxylation sites is 1. The lowest BCUT2D eigenvalue weighted by molar-refractivity contribution is 0.474. The van der Waals surface area contributed by atoms with Crippen LogP contribution in [0.3, 0.4) is 0 Å². The molecule has 0 unspecified atom stereocenters. The van der Waals surface area contributed by atoms with Gasteiger partial charge in [0.2, 0.25) is 0 Å². The summed E-state index contributed by atoms with van der Waals surface area (Å²) in [5, 5.41) is 29.4. The summed E-state index contributed by atoms with van der Waals surface area (Å²) in [4.78, 5) is 0. The minimum atomic E-state index is 0.148. The van der Waals surface area contributed by atoms with Gasteiger partial charge in [0.25, 0.3) is 0 Å². The van der Waals surface area contributed by atoms with Crippen molar-refractivity contribution in [3.05, 3.63) is 71.8 Å². The summed E-state index contributed by atoms with van der Waals surface area (Å²) in [7, 11) is 0. The summed E-state index contributed by atoms with van der Waals surface area (Å²) in [5.41, 5.74) is 1.20. The average molecular weight is 290 g/mol. The van der Waals surface area contributed by atoms with E-state index in [1.807, 2.05) is 30.3 Å². The molecule has 3 aromatic rings. The fourth-order valence-corrected chi connectivity index (χ4v) is 2.20. The van der Waals surface area contributed by atoms with Crippen molar-refractivity contribution in [1.82, 2.24) is 0 Å². The molecule has 0 saturated carbocycles. The Labute approximate surface area is 127 Å². The lowest BCUT2D eigenvalue weighted by Gasteiger charge is -2.03. The predicted octanol–water partition coefficient (Wildman–Crippen LogP) is 3.70. The molecular formula is C18H14N2O2. The minimum Gasteiger partial charge on any atom is -0.507 e. The van der Waals surface area contributed by atoms with Crippen LogP contribution in [0, 0.1) is 0 Å². The highest BCUT2D eigenvalue weighted by atomic mass is 16.3. The molecule has 0 aliphatic carbocycles. The number of fused-ring (bicyclic) bond motifs is 1. The Morgan fingerprint density at radius 1 is 0.682 bits per heavy atom. The first kappa shape index (κ1) is 13.8. The first-order valence-electron chi connectivity index (χ1n) is 6.81. The van der Waals surface area contributed by atoms with Crippen LogP contribution in [-0.4, -0.2) is 22.6 Å². The van der Waals surface area contributed by atoms with Gasteiger partial charge in [-0.2, -0.15) is 10.2 Å². The molecule has 4 heteroatoms. The van der Waals surface area contributed by atoms with E-state index in [0.29, 0.717) is 11.1 Å². The van der Waals surface area contributed by atoms with Crippen molar-refractivity contribution in [2.24, 2.45) is 10.2 Å². The van der Waals surface area contributed by atoms with E-state index in [-0.39, 0.29) is 11.5 Å². The summed E-state index contributed by atoms with van der Waals surface area (Å²) in [6.07, 6.45) is 2.97. The second-order valence-corrected chi connectivity index (χ2v) is 4.77. The van der Waals surface area contributed by atoms with Gasteiger partial charge in [0.1, 0.15) is 11.5 Å². The quantitative estimate of drug-likeness (QED) is 0.570. The largest absolute Gasteiger partial charge is 0.507 e. The van der Waals surface area contributed by atoms with E-state index in [4.69, 9.17) is 0 Å². The molecule has 0 bridgehead atoms. The Balaban J connectivity index is 1.90. The highest BCUT2D eigenvalue weighted by molar-refractivity contribution is 6.02. The molecule has 0 atom stereocenters. The van der Waals surface area contributed by atoms with Crippen LogP contribution in [0.4, 0.5) is 0 Å². The van der Waals surface area contributed by atoms with Gasteiger partial charge in [-0.25, -0.2) is 0 Å². The lowest BCUT2D eigenvalue weighted by atomic mass is 10.0. The van der Waals surface area contributed by atoms with Gasteiger partial charge in [0.15, 0.2) is 0 Å². The van der Waals surface area contributed by atoms with Gasteiger partial charge in [0, 0.05) is 11.1 Å². The molecule has 0 aliphatic heterocycles. The molecule has 108 valence electrons. The highest BCUT2D eigenvalue weighted by Gasteiger charge is 2.03. The first-order valence-corrected chi connectivity index (χ1v) is 6.81. The number of rotatable bonds is 3. The monoisotopic (exact) mass is 290 g/mol. The number of benzene rings is 3. The van der Waals surface area contributed by atoms with Crippen LogP contribution in [0.2, 0.25) is 0 Å². The molecule has 0 spiro atoms. The zero-order valence-corrected chi connectivity index (χ0v) is 11.7. The number of aromatic hydroxyl groups is 2. The standard InChI is InChI=1S/C18H14N2O2/c21-17-8-4-2-6-14(17)11-19-20-12-16-15-7-3-1-5-13(15)9-10-18(16)22/h1-12,21-22H/b19-11+,20-12+. The van der Waals surface area contributed by atoms with E-state index < -0.39 is 0 Å². The molecule has 2 N–H and O–H groups in total. The SMILES string of the molecule is Oc1ccccc1/C=N/N=C/c1c(O)ccc2ccccc12. The van der Waals surface area contributed by atoms with Crippen LogP contribution in [0.15, 0.2) is 70.9 Å². The van der Waals surface area contributed by atoms with E-state index in [1.165, 1.54) is 12.4 Å². The smallest absolute Gasteiger partial charge is 0.125 e. The molecule has 0 aliphatic rings. The van der Waals surface area contributed by atoms with Crippen molar-refractivity contribution in [2.75, 3.05) is 0 Å². The molecule has 0 amide bonds. The lowest BCUT2D eigenvalue weighted by Crippen LogP contribution is -1.86. The number of hydrogen-bond donors (Lipinski definition) is 2. The number of hydrogen-bond acceptors (Lipinski definition) is 4. The van der Waals surface area contributed by atoms with Crippen LogP contribution in [0.25, 0.3) is 10.8 Å². The Hall–Kier alpha value is -3.14. The third-order valence-electron chi connectivity index (χ3n) is 3.33. The van der Waals surface area contributed by atoms with Crippen molar-refractivity contribution in [1.29, 1.82) is 0 Å². The Morgan fingerprint density at radius 2 is 1.41 bits per heavy atom. The van der Waals surface area contributed by atoms with Crippen molar-refractivity contribution in [3.63, 3.8) is 0 Å². The zero-order chi connectivity index (χ0) is 15.4. The third kappa shape index (κ3) is 2.81. The van der Waals surface area contributed by atoms with E-state index in [9.17, 15) is 10.2 Å². The summed E-state index contributed by atoms with van der Waals surface area (Å²) in [5.74, 6) is 0.301. The summed E-state index contributed by atoms with van der Waals surface area (Å²) in [6, 6.07) is 18.1. The maximum atomic E-state index is 9.99. The molecule has 0 fully saturated rings. The van der Waals surface area contributed by atoms with Crippen molar-refractivity contribution < 1.29 is 10.2 Å². The molecule has 3 aromatic carbocycles. The predicted molar refractivity (Wildman–Crippen MR) is 88.9 cm³/mol. The second kappa shape index (κ2) is 6.10. The highest BCUT2D eigenvalue weighted by Crippen LogP contribution is 2.25. The van der Waals surface area contributed by atoms with Crippen LogP contribution in [0.5, 0.6) is 11.5 Å². The fraction of sp³-hybridized carbons (Fsp3) is 0. The first-order chi connectivity index (χ1) is 10.8. The van der Waals surface area contributed by atoms with E-state index in [1.54, 1.807) is 30.3 Å². The van der Waals surface area contributed by atoms with Crippen molar-refractivity contribution >= 4 is 23.2 Å². The molecule has 0 aromatic heterocycles. The van der Waals surface area contributed by atoms with E-state index in [0.717, 1.165) is 10.8 Å². The molecule has 4 nitrogen and oxygen atoms in total. The average Bonchev–Trinajstić information content (AvgIpc) is 2.55. The molecule has 0 heterocycles. The van der Waals surface area contributed by atoms with Gasteiger partial charge in [-0.3, -0.25) is 0 Å². The van der Waals surface area contributed by atoms with Crippen LogP contribution >= 0.6 is 0 Å². The Kier molecular flexibility index (Phi) is 3.83. The summed E-state index contributed by atoms with van der Waals surface area (Å²) in [6.45, 7) is 0. The van der Waals surface area contributed by atoms with Gasteiger partial charge in [-0.1, -0.05) is 42.5 Å². The minimum absolute atomic E-state index is 0.148. The van der Waals surface area contributed by atoms with Gasteiger partial charge in [0.05, 0.1) is 12.4 Å². The maximum Gasteiger partial charge on any atom is 0.125 e. The van der Waals surface area contributed by atoms with Gasteiger partial charge in [-0.05, 0) is 29.0 Å². The Bertz CT molecular complexity index is 870. The van der Waals surface area contributed by atoms with Gasteiger partial charge >= 0.3 is 0 Å². The Morgan fingerprint density at radius 3 is 2.27 bits per heavy atom. The molecule has 3 rings (SSSR count). The molecule has 0 radical (unpaired) electrons. The number of phenolic OH excluding ortho intramolecular Hbond substituents is 2. The third-order valence-corrected chi connectivity index (χ3v) is 3.33. The second-order valence-electron chi connectivity index (χ2n) is 4.77. The fourth-order valence-electron chi connectivity index (χ4n) is 2.20. The summed E-state index contributed by atoms with van der Waals surface area (Å²) < 4.78 is 0.